The Balaban J connectivity index is 1.42. The second-order valence-electron chi connectivity index (χ2n) is 7.56. The van der Waals surface area contributed by atoms with Crippen LogP contribution >= 0.6 is 0 Å². The highest BCUT2D eigenvalue weighted by Gasteiger charge is 2.25. The summed E-state index contributed by atoms with van der Waals surface area (Å²) < 4.78 is 5.70. The molecule has 0 aromatic heterocycles. The number of amides is 1. The van der Waals surface area contributed by atoms with Gasteiger partial charge in [-0.1, -0.05) is 17.7 Å². The smallest absolute Gasteiger partial charge is 0.223 e. The van der Waals surface area contributed by atoms with Gasteiger partial charge in [0, 0.05) is 57.7 Å². The Morgan fingerprint density at radius 2 is 1.88 bits per heavy atom. The lowest BCUT2D eigenvalue weighted by Gasteiger charge is -2.35. The zero-order chi connectivity index (χ0) is 18.5. The van der Waals surface area contributed by atoms with E-state index in [2.05, 4.69) is 4.90 Å². The fraction of sp³-hybridized carbons (Fsp3) is 0.619. The minimum atomic E-state index is 0.0663. The molecule has 0 radical (unpaired) electrons. The number of rotatable bonds is 6. The predicted octanol–water partition coefficient (Wildman–Crippen LogP) is 2.59. The number of nitrogens with zero attached hydrogens (tertiary/aromatic N) is 2. The summed E-state index contributed by atoms with van der Waals surface area (Å²) >= 11 is 0. The molecule has 26 heavy (non-hydrogen) atoms. The summed E-state index contributed by atoms with van der Waals surface area (Å²) in [6.07, 6.45) is 3.28. The van der Waals surface area contributed by atoms with E-state index >= 15 is 0 Å². The molecule has 2 fully saturated rings. The standard InChI is InChI=1S/C21H30N2O3/c1-16-5-6-17(2)19(14-16)20(24)7-8-21(25)23-11-9-22(10-12-23)15-18-4-3-13-26-18/h5-6,14,18H,3-4,7-13,15H2,1-2H3. The van der Waals surface area contributed by atoms with Crippen molar-refractivity contribution in [3.8, 4) is 0 Å². The van der Waals surface area contributed by atoms with Crippen molar-refractivity contribution in [3.63, 3.8) is 0 Å². The second-order valence-corrected chi connectivity index (χ2v) is 7.56. The van der Waals surface area contributed by atoms with Gasteiger partial charge < -0.3 is 9.64 Å². The number of ether oxygens (including phenoxy) is 1. The highest BCUT2D eigenvalue weighted by molar-refractivity contribution is 5.99. The number of benzene rings is 1. The second kappa shape index (κ2) is 8.78. The zero-order valence-corrected chi connectivity index (χ0v) is 16.0. The fourth-order valence-electron chi connectivity index (χ4n) is 3.81. The Morgan fingerprint density at radius 3 is 2.58 bits per heavy atom. The first kappa shape index (κ1) is 19.1. The summed E-state index contributed by atoms with van der Waals surface area (Å²) in [7, 11) is 0. The van der Waals surface area contributed by atoms with Gasteiger partial charge in [0.1, 0.15) is 0 Å². The van der Waals surface area contributed by atoms with Crippen LogP contribution in [0.3, 0.4) is 0 Å². The molecule has 2 aliphatic heterocycles. The molecule has 2 aliphatic rings. The topological polar surface area (TPSA) is 49.9 Å². The van der Waals surface area contributed by atoms with Gasteiger partial charge in [-0.3, -0.25) is 14.5 Å². The summed E-state index contributed by atoms with van der Waals surface area (Å²) in [5.74, 6) is 0.164. The number of ketones is 1. The predicted molar refractivity (Wildman–Crippen MR) is 101 cm³/mol. The Bertz CT molecular complexity index is 645. The number of Topliss-reactive ketones (excluding diaryl/α,β-unsaturated/α-hetero) is 1. The average Bonchev–Trinajstić information content (AvgIpc) is 3.15. The summed E-state index contributed by atoms with van der Waals surface area (Å²) in [6, 6.07) is 5.90. The first-order valence-corrected chi connectivity index (χ1v) is 9.75. The number of piperazine rings is 1. The highest BCUT2D eigenvalue weighted by Crippen LogP contribution is 2.16. The van der Waals surface area contributed by atoms with Gasteiger partial charge in [-0.15, -0.1) is 0 Å². The van der Waals surface area contributed by atoms with Gasteiger partial charge in [-0.25, -0.2) is 0 Å². The lowest BCUT2D eigenvalue weighted by atomic mass is 9.99. The van der Waals surface area contributed by atoms with E-state index < -0.39 is 0 Å². The van der Waals surface area contributed by atoms with Crippen molar-refractivity contribution in [1.29, 1.82) is 0 Å². The first-order valence-electron chi connectivity index (χ1n) is 9.75. The van der Waals surface area contributed by atoms with Crippen LogP contribution in [0.15, 0.2) is 18.2 Å². The summed E-state index contributed by atoms with van der Waals surface area (Å²) in [4.78, 5) is 29.2. The zero-order valence-electron chi connectivity index (χ0n) is 16.0. The molecule has 0 spiro atoms. The Hall–Kier alpha value is -1.72. The fourth-order valence-corrected chi connectivity index (χ4v) is 3.81. The number of carbonyl (C=O) groups excluding carboxylic acids is 2. The summed E-state index contributed by atoms with van der Waals surface area (Å²) in [5.41, 5.74) is 2.81. The van der Waals surface area contributed by atoms with Crippen LogP contribution in [0.2, 0.25) is 0 Å². The van der Waals surface area contributed by atoms with E-state index in [1.807, 2.05) is 36.9 Å². The van der Waals surface area contributed by atoms with Crippen LogP contribution in [0.5, 0.6) is 0 Å². The van der Waals surface area contributed by atoms with Crippen molar-refractivity contribution in [1.82, 2.24) is 9.80 Å². The number of hydrogen-bond acceptors (Lipinski definition) is 4. The molecule has 0 aliphatic carbocycles. The van der Waals surface area contributed by atoms with Gasteiger partial charge in [0.25, 0.3) is 0 Å². The molecule has 0 saturated carbocycles. The van der Waals surface area contributed by atoms with Crippen LogP contribution in [0.25, 0.3) is 0 Å². The van der Waals surface area contributed by atoms with Crippen LogP contribution in [0.4, 0.5) is 0 Å². The maximum absolute atomic E-state index is 12.5. The molecule has 5 nitrogen and oxygen atoms in total. The molecule has 1 aromatic rings. The van der Waals surface area contributed by atoms with Gasteiger partial charge in [-0.2, -0.15) is 0 Å². The van der Waals surface area contributed by atoms with E-state index in [1.165, 1.54) is 0 Å². The SMILES string of the molecule is Cc1ccc(C)c(C(=O)CCC(=O)N2CCN(CC3CCCO3)CC2)c1. The van der Waals surface area contributed by atoms with Crippen molar-refractivity contribution in [3.05, 3.63) is 34.9 Å². The lowest BCUT2D eigenvalue weighted by Crippen LogP contribution is -2.50. The molecule has 0 N–H and O–H groups in total. The van der Waals surface area contributed by atoms with Crippen molar-refractivity contribution in [2.24, 2.45) is 0 Å². The van der Waals surface area contributed by atoms with Gasteiger partial charge in [0.2, 0.25) is 5.91 Å². The van der Waals surface area contributed by atoms with Crippen molar-refractivity contribution >= 4 is 11.7 Å². The minimum absolute atomic E-state index is 0.0663. The van der Waals surface area contributed by atoms with Crippen molar-refractivity contribution in [2.45, 2.75) is 45.6 Å². The third-order valence-electron chi connectivity index (χ3n) is 5.47. The van der Waals surface area contributed by atoms with Gasteiger partial charge in [-0.05, 0) is 38.3 Å². The molecule has 2 heterocycles. The molecule has 3 rings (SSSR count). The molecule has 1 amide bonds. The number of hydrogen-bond donors (Lipinski definition) is 0. The van der Waals surface area contributed by atoms with Crippen LogP contribution < -0.4 is 0 Å². The summed E-state index contributed by atoms with van der Waals surface area (Å²) in [6.45, 7) is 9.10. The van der Waals surface area contributed by atoms with Crippen LogP contribution in [0.1, 0.15) is 47.2 Å². The quantitative estimate of drug-likeness (QED) is 0.734. The maximum atomic E-state index is 12.5. The largest absolute Gasteiger partial charge is 0.377 e. The van der Waals surface area contributed by atoms with E-state index in [4.69, 9.17) is 4.74 Å². The number of carbonyl (C=O) groups is 2. The van der Waals surface area contributed by atoms with Crippen molar-refractivity contribution in [2.75, 3.05) is 39.3 Å². The Labute approximate surface area is 156 Å². The van der Waals surface area contributed by atoms with Crippen LogP contribution in [-0.4, -0.2) is 66.9 Å². The third kappa shape index (κ3) is 4.92. The van der Waals surface area contributed by atoms with E-state index in [-0.39, 0.29) is 11.7 Å². The highest BCUT2D eigenvalue weighted by atomic mass is 16.5. The Kier molecular flexibility index (Phi) is 6.43. The van der Waals surface area contributed by atoms with Gasteiger partial charge in [0.05, 0.1) is 6.10 Å². The third-order valence-corrected chi connectivity index (χ3v) is 5.47. The number of aryl methyl sites for hydroxylation is 2. The van der Waals surface area contributed by atoms with Gasteiger partial charge in [0.15, 0.2) is 5.78 Å². The molecule has 1 unspecified atom stereocenters. The molecule has 5 heteroatoms. The molecular formula is C21H30N2O3. The van der Waals surface area contributed by atoms with Gasteiger partial charge >= 0.3 is 0 Å². The lowest BCUT2D eigenvalue weighted by molar-refractivity contribution is -0.133. The van der Waals surface area contributed by atoms with Crippen molar-refractivity contribution < 1.29 is 14.3 Å². The molecular weight excluding hydrogens is 328 g/mol. The maximum Gasteiger partial charge on any atom is 0.223 e. The average molecular weight is 358 g/mol. The van der Waals surface area contributed by atoms with Crippen LogP contribution in [-0.2, 0) is 9.53 Å². The molecule has 142 valence electrons. The molecule has 0 bridgehead atoms. The summed E-state index contributed by atoms with van der Waals surface area (Å²) in [5, 5.41) is 0. The van der Waals surface area contributed by atoms with E-state index in [0.29, 0.717) is 18.9 Å². The molecule has 1 aromatic carbocycles. The van der Waals surface area contributed by atoms with E-state index in [0.717, 1.165) is 68.9 Å². The molecule has 1 atom stereocenters. The minimum Gasteiger partial charge on any atom is -0.377 e. The van der Waals surface area contributed by atoms with E-state index in [1.54, 1.807) is 0 Å². The normalized spacial score (nSPS) is 21.2. The first-order chi connectivity index (χ1) is 12.5. The van der Waals surface area contributed by atoms with E-state index in [9.17, 15) is 9.59 Å². The van der Waals surface area contributed by atoms with Crippen LogP contribution in [0, 0.1) is 13.8 Å². The monoisotopic (exact) mass is 358 g/mol. The molecule has 2 saturated heterocycles. The Morgan fingerprint density at radius 1 is 1.12 bits per heavy atom.